The van der Waals surface area contributed by atoms with Crippen LogP contribution < -0.4 is 21.5 Å². The standard InChI is InChI=1S/C28H41N5O3/c1-16-7-8-20(31-25(34)18-9-10-29-24(13-18)32-27(36)28(3,4)5)14-21(16)22-12-19-15-30-17(2)11-23(19)33(6)26(22)35/h11-12,15-16,18,20-21,24,29H,7-10,13-14H2,1-6H3,(H,31,34)(H,32,36). The van der Waals surface area contributed by atoms with Crippen LogP contribution in [0.2, 0.25) is 0 Å². The lowest BCUT2D eigenvalue weighted by Gasteiger charge is -2.37. The van der Waals surface area contributed by atoms with Gasteiger partial charge in [0.05, 0.1) is 11.7 Å². The summed E-state index contributed by atoms with van der Waals surface area (Å²) in [6, 6.07) is 3.99. The second kappa shape index (κ2) is 10.3. The summed E-state index contributed by atoms with van der Waals surface area (Å²) in [6.07, 6.45) is 5.59. The number of carbonyl (C=O) groups is 2. The summed E-state index contributed by atoms with van der Waals surface area (Å²) in [7, 11) is 1.83. The molecule has 2 aromatic rings. The molecule has 0 spiro atoms. The lowest BCUT2D eigenvalue weighted by atomic mass is 9.74. The third kappa shape index (κ3) is 5.64. The van der Waals surface area contributed by atoms with Crippen LogP contribution in [0.1, 0.15) is 77.0 Å². The average Bonchev–Trinajstić information content (AvgIpc) is 2.82. The second-order valence-corrected chi connectivity index (χ2v) is 11.9. The zero-order valence-corrected chi connectivity index (χ0v) is 22.5. The highest BCUT2D eigenvalue weighted by Crippen LogP contribution is 2.37. The van der Waals surface area contributed by atoms with Gasteiger partial charge in [0.15, 0.2) is 0 Å². The summed E-state index contributed by atoms with van der Waals surface area (Å²) in [6.45, 7) is 10.5. The molecular formula is C28H41N5O3. The van der Waals surface area contributed by atoms with Crippen LogP contribution >= 0.6 is 0 Å². The number of nitrogens with one attached hydrogen (secondary N) is 3. The van der Waals surface area contributed by atoms with Crippen molar-refractivity contribution >= 4 is 22.7 Å². The van der Waals surface area contributed by atoms with E-state index in [0.717, 1.165) is 47.8 Å². The Balaban J connectivity index is 1.45. The number of nitrogens with zero attached hydrogens (tertiary/aromatic N) is 2. The first-order valence-electron chi connectivity index (χ1n) is 13.2. The van der Waals surface area contributed by atoms with E-state index in [1.165, 1.54) is 0 Å². The molecule has 2 aromatic heterocycles. The zero-order valence-electron chi connectivity index (χ0n) is 22.5. The van der Waals surface area contributed by atoms with Crippen molar-refractivity contribution in [2.75, 3.05) is 6.54 Å². The maximum Gasteiger partial charge on any atom is 0.254 e. The topological polar surface area (TPSA) is 105 Å². The van der Waals surface area contributed by atoms with Crippen LogP contribution in [0.5, 0.6) is 0 Å². The smallest absolute Gasteiger partial charge is 0.254 e. The van der Waals surface area contributed by atoms with E-state index in [-0.39, 0.29) is 41.4 Å². The fourth-order valence-electron chi connectivity index (χ4n) is 5.60. The lowest BCUT2D eigenvalue weighted by Crippen LogP contribution is -2.55. The number of rotatable bonds is 4. The third-order valence-electron chi connectivity index (χ3n) is 7.98. The van der Waals surface area contributed by atoms with Gasteiger partial charge in [0, 0.05) is 47.3 Å². The molecule has 2 fully saturated rings. The van der Waals surface area contributed by atoms with Crippen LogP contribution in [0.15, 0.2) is 23.1 Å². The second-order valence-electron chi connectivity index (χ2n) is 11.9. The van der Waals surface area contributed by atoms with Crippen molar-refractivity contribution < 1.29 is 9.59 Å². The highest BCUT2D eigenvalue weighted by Gasteiger charge is 2.35. The number of fused-ring (bicyclic) bond motifs is 1. The highest BCUT2D eigenvalue weighted by molar-refractivity contribution is 5.82. The molecule has 8 nitrogen and oxygen atoms in total. The van der Waals surface area contributed by atoms with Crippen molar-refractivity contribution in [3.05, 3.63) is 39.9 Å². The van der Waals surface area contributed by atoms with Crippen LogP contribution in [-0.2, 0) is 16.6 Å². The number of pyridine rings is 2. The van der Waals surface area contributed by atoms with Gasteiger partial charge in [0.25, 0.3) is 5.56 Å². The van der Waals surface area contributed by atoms with Gasteiger partial charge in [-0.1, -0.05) is 27.7 Å². The van der Waals surface area contributed by atoms with Gasteiger partial charge in [-0.2, -0.15) is 0 Å². The molecule has 1 saturated carbocycles. The molecule has 2 amide bonds. The predicted molar refractivity (Wildman–Crippen MR) is 142 cm³/mol. The van der Waals surface area contributed by atoms with Gasteiger partial charge in [-0.25, -0.2) is 0 Å². The van der Waals surface area contributed by atoms with E-state index in [0.29, 0.717) is 18.9 Å². The van der Waals surface area contributed by atoms with E-state index in [9.17, 15) is 14.4 Å². The van der Waals surface area contributed by atoms with Crippen LogP contribution in [0.3, 0.4) is 0 Å². The largest absolute Gasteiger partial charge is 0.353 e. The van der Waals surface area contributed by atoms with E-state index < -0.39 is 5.41 Å². The number of hydrogen-bond donors (Lipinski definition) is 3. The van der Waals surface area contributed by atoms with Crippen molar-refractivity contribution in [2.45, 2.75) is 84.8 Å². The van der Waals surface area contributed by atoms with Gasteiger partial charge >= 0.3 is 0 Å². The molecule has 36 heavy (non-hydrogen) atoms. The Morgan fingerprint density at radius 1 is 1.11 bits per heavy atom. The van der Waals surface area contributed by atoms with Crippen molar-refractivity contribution in [3.63, 3.8) is 0 Å². The van der Waals surface area contributed by atoms with Crippen molar-refractivity contribution in [3.8, 4) is 0 Å². The summed E-state index contributed by atoms with van der Waals surface area (Å²) >= 11 is 0. The number of hydrogen-bond acceptors (Lipinski definition) is 5. The molecule has 0 aromatic carbocycles. The minimum absolute atomic E-state index is 0.0208. The van der Waals surface area contributed by atoms with Gasteiger partial charge in [-0.15, -0.1) is 0 Å². The van der Waals surface area contributed by atoms with E-state index in [2.05, 4.69) is 27.9 Å². The van der Waals surface area contributed by atoms with E-state index >= 15 is 0 Å². The molecule has 4 rings (SSSR count). The molecular weight excluding hydrogens is 454 g/mol. The van der Waals surface area contributed by atoms with Crippen molar-refractivity contribution in [1.29, 1.82) is 0 Å². The number of carbonyl (C=O) groups excluding carboxylic acids is 2. The minimum Gasteiger partial charge on any atom is -0.353 e. The SMILES string of the molecule is Cc1cc2c(cn1)cc(C1CC(NC(=O)C3CCNC(NC(=O)C(C)(C)C)C3)CCC1C)c(=O)n2C. The van der Waals surface area contributed by atoms with Crippen molar-refractivity contribution in [1.82, 2.24) is 25.5 Å². The molecule has 1 saturated heterocycles. The van der Waals surface area contributed by atoms with Gasteiger partial charge < -0.3 is 15.2 Å². The van der Waals surface area contributed by atoms with Crippen LogP contribution in [0.4, 0.5) is 0 Å². The summed E-state index contributed by atoms with van der Waals surface area (Å²) in [5, 5.41) is 10.6. The average molecular weight is 496 g/mol. The normalized spacial score (nSPS) is 27.0. The Bertz CT molecular complexity index is 1200. The number of aryl methyl sites for hydroxylation is 2. The Kier molecular flexibility index (Phi) is 7.55. The Hall–Kier alpha value is -2.74. The van der Waals surface area contributed by atoms with Crippen LogP contribution in [-0.4, -0.2) is 40.1 Å². The predicted octanol–water partition coefficient (Wildman–Crippen LogP) is 3.12. The van der Waals surface area contributed by atoms with Crippen LogP contribution in [0, 0.1) is 24.2 Å². The molecule has 8 heteroatoms. The number of piperidine rings is 1. The number of amides is 2. The van der Waals surface area contributed by atoms with Gasteiger partial charge in [0.1, 0.15) is 0 Å². The Labute approximate surface area is 213 Å². The first-order valence-corrected chi connectivity index (χ1v) is 13.2. The highest BCUT2D eigenvalue weighted by atomic mass is 16.2. The fraction of sp³-hybridized carbons (Fsp3) is 0.643. The Morgan fingerprint density at radius 3 is 2.58 bits per heavy atom. The first kappa shape index (κ1) is 26.3. The Morgan fingerprint density at radius 2 is 1.86 bits per heavy atom. The summed E-state index contributed by atoms with van der Waals surface area (Å²) in [5.74, 6) is 0.332. The monoisotopic (exact) mass is 495 g/mol. The van der Waals surface area contributed by atoms with Crippen molar-refractivity contribution in [2.24, 2.45) is 24.3 Å². The molecule has 0 radical (unpaired) electrons. The quantitative estimate of drug-likeness (QED) is 0.605. The van der Waals surface area contributed by atoms with Crippen LogP contribution in [0.25, 0.3) is 10.9 Å². The molecule has 1 aliphatic heterocycles. The molecule has 5 unspecified atom stereocenters. The molecule has 0 bridgehead atoms. The molecule has 1 aliphatic carbocycles. The molecule has 3 heterocycles. The molecule has 5 atom stereocenters. The molecule has 196 valence electrons. The molecule has 2 aliphatic rings. The van der Waals surface area contributed by atoms with Gasteiger partial charge in [0.2, 0.25) is 11.8 Å². The van der Waals surface area contributed by atoms with E-state index in [1.54, 1.807) is 4.57 Å². The summed E-state index contributed by atoms with van der Waals surface area (Å²) in [4.78, 5) is 43.4. The lowest BCUT2D eigenvalue weighted by molar-refractivity contribution is -0.131. The maximum atomic E-state index is 13.3. The maximum absolute atomic E-state index is 13.3. The third-order valence-corrected chi connectivity index (χ3v) is 7.98. The molecule has 3 N–H and O–H groups in total. The number of aromatic nitrogens is 2. The summed E-state index contributed by atoms with van der Waals surface area (Å²) < 4.78 is 1.73. The fourth-order valence-corrected chi connectivity index (χ4v) is 5.60. The first-order chi connectivity index (χ1) is 16.9. The minimum atomic E-state index is -0.473. The van der Waals surface area contributed by atoms with Gasteiger partial charge in [-0.05, 0) is 69.5 Å². The van der Waals surface area contributed by atoms with Gasteiger partial charge in [-0.3, -0.25) is 24.7 Å². The summed E-state index contributed by atoms with van der Waals surface area (Å²) in [5.41, 5.74) is 2.15. The van der Waals surface area contributed by atoms with E-state index in [4.69, 9.17) is 0 Å². The zero-order chi connectivity index (χ0) is 26.2. The van der Waals surface area contributed by atoms with E-state index in [1.807, 2.05) is 53.1 Å².